The van der Waals surface area contributed by atoms with Crippen LogP contribution in [0.15, 0.2) is 12.1 Å². The molecule has 0 spiro atoms. The lowest BCUT2D eigenvalue weighted by atomic mass is 9.97. The SMILES string of the molecule is Cc1cc(C)c(C(O)C#C[Si](C)(C)C)cc1C=O. The number of aliphatic hydroxyl groups excluding tert-OH is 1. The zero-order valence-corrected chi connectivity index (χ0v) is 12.7. The van der Waals surface area contributed by atoms with E-state index >= 15 is 0 Å². The van der Waals surface area contributed by atoms with E-state index < -0.39 is 14.2 Å². The number of benzene rings is 1. The van der Waals surface area contributed by atoms with Gasteiger partial charge in [0.05, 0.1) is 0 Å². The molecule has 0 aromatic heterocycles. The maximum absolute atomic E-state index is 10.9. The van der Waals surface area contributed by atoms with Crippen LogP contribution in [-0.4, -0.2) is 19.5 Å². The van der Waals surface area contributed by atoms with Gasteiger partial charge in [-0.1, -0.05) is 31.6 Å². The number of carbonyl (C=O) groups excluding carboxylic acids is 1. The monoisotopic (exact) mass is 260 g/mol. The molecule has 18 heavy (non-hydrogen) atoms. The second kappa shape index (κ2) is 5.51. The van der Waals surface area contributed by atoms with E-state index in [1.807, 2.05) is 19.9 Å². The Hall–Kier alpha value is -1.37. The molecule has 0 saturated carbocycles. The Balaban J connectivity index is 3.16. The highest BCUT2D eigenvalue weighted by Crippen LogP contribution is 2.21. The van der Waals surface area contributed by atoms with Crippen LogP contribution in [0.1, 0.15) is 33.2 Å². The van der Waals surface area contributed by atoms with E-state index in [0.29, 0.717) is 5.56 Å². The molecule has 1 rings (SSSR count). The van der Waals surface area contributed by atoms with Crippen LogP contribution in [0.5, 0.6) is 0 Å². The second-order valence-corrected chi connectivity index (χ2v) is 10.4. The smallest absolute Gasteiger partial charge is 0.150 e. The number of aliphatic hydroxyl groups is 1. The van der Waals surface area contributed by atoms with Crippen molar-refractivity contribution >= 4 is 14.4 Å². The highest BCUT2D eigenvalue weighted by molar-refractivity contribution is 6.83. The Kier molecular flexibility index (Phi) is 4.50. The zero-order valence-electron chi connectivity index (χ0n) is 11.7. The molecule has 1 aromatic carbocycles. The molecule has 3 heteroatoms. The van der Waals surface area contributed by atoms with Crippen molar-refractivity contribution in [3.63, 3.8) is 0 Å². The van der Waals surface area contributed by atoms with Gasteiger partial charge >= 0.3 is 0 Å². The fraction of sp³-hybridized carbons (Fsp3) is 0.400. The zero-order chi connectivity index (χ0) is 13.9. The van der Waals surface area contributed by atoms with Crippen LogP contribution >= 0.6 is 0 Å². The second-order valence-electron chi connectivity index (χ2n) is 5.61. The number of hydrogen-bond acceptors (Lipinski definition) is 2. The van der Waals surface area contributed by atoms with Crippen LogP contribution in [0.25, 0.3) is 0 Å². The Morgan fingerprint density at radius 3 is 2.33 bits per heavy atom. The van der Waals surface area contributed by atoms with Crippen LogP contribution in [0.2, 0.25) is 19.6 Å². The van der Waals surface area contributed by atoms with E-state index in [0.717, 1.165) is 23.0 Å². The van der Waals surface area contributed by atoms with Gasteiger partial charge in [-0.3, -0.25) is 4.79 Å². The molecule has 0 aliphatic rings. The van der Waals surface area contributed by atoms with E-state index in [2.05, 4.69) is 31.1 Å². The summed E-state index contributed by atoms with van der Waals surface area (Å²) in [7, 11) is -1.49. The Morgan fingerprint density at radius 2 is 1.83 bits per heavy atom. The predicted molar refractivity (Wildman–Crippen MR) is 77.4 cm³/mol. The summed E-state index contributed by atoms with van der Waals surface area (Å²) in [5, 5.41) is 10.1. The summed E-state index contributed by atoms with van der Waals surface area (Å²) in [5.74, 6) is 2.90. The average Bonchev–Trinajstić information content (AvgIpc) is 2.25. The lowest BCUT2D eigenvalue weighted by molar-refractivity contribution is 0.112. The first kappa shape index (κ1) is 14.7. The Morgan fingerprint density at radius 1 is 1.22 bits per heavy atom. The number of aryl methyl sites for hydroxylation is 2. The molecule has 1 aromatic rings. The minimum Gasteiger partial charge on any atom is -0.376 e. The number of aldehydes is 1. The van der Waals surface area contributed by atoms with Gasteiger partial charge in [-0.2, -0.15) is 0 Å². The van der Waals surface area contributed by atoms with Gasteiger partial charge in [-0.25, -0.2) is 0 Å². The minimum absolute atomic E-state index is 0.615. The highest BCUT2D eigenvalue weighted by atomic mass is 28.3. The first-order valence-corrected chi connectivity index (χ1v) is 9.51. The fourth-order valence-electron chi connectivity index (χ4n) is 1.67. The van der Waals surface area contributed by atoms with Crippen molar-refractivity contribution in [2.75, 3.05) is 0 Å². The van der Waals surface area contributed by atoms with E-state index in [-0.39, 0.29) is 0 Å². The molecule has 2 nitrogen and oxygen atoms in total. The summed E-state index contributed by atoms with van der Waals surface area (Å²) in [4.78, 5) is 10.9. The summed E-state index contributed by atoms with van der Waals surface area (Å²) in [5.41, 5.74) is 6.39. The quantitative estimate of drug-likeness (QED) is 0.504. The van der Waals surface area contributed by atoms with E-state index in [1.54, 1.807) is 6.07 Å². The third-order valence-electron chi connectivity index (χ3n) is 2.66. The summed E-state index contributed by atoms with van der Waals surface area (Å²) in [6, 6.07) is 3.65. The van der Waals surface area contributed by atoms with Crippen LogP contribution in [0.3, 0.4) is 0 Å². The molecular weight excluding hydrogens is 240 g/mol. The molecule has 0 aliphatic carbocycles. The fourth-order valence-corrected chi connectivity index (χ4v) is 2.24. The Bertz CT molecular complexity index is 516. The highest BCUT2D eigenvalue weighted by Gasteiger charge is 2.12. The van der Waals surface area contributed by atoms with E-state index in [4.69, 9.17) is 0 Å². The van der Waals surface area contributed by atoms with E-state index in [9.17, 15) is 9.90 Å². The molecule has 0 fully saturated rings. The van der Waals surface area contributed by atoms with E-state index in [1.165, 1.54) is 0 Å². The molecule has 96 valence electrons. The first-order valence-electron chi connectivity index (χ1n) is 6.01. The largest absolute Gasteiger partial charge is 0.376 e. The molecular formula is C15H20O2Si. The lowest BCUT2D eigenvalue weighted by Gasteiger charge is -2.12. The lowest BCUT2D eigenvalue weighted by Crippen LogP contribution is -2.17. The molecule has 0 radical (unpaired) electrons. The van der Waals surface area contributed by atoms with Crippen LogP contribution < -0.4 is 0 Å². The minimum atomic E-state index is -1.49. The van der Waals surface area contributed by atoms with Gasteiger partial charge in [0.25, 0.3) is 0 Å². The summed E-state index contributed by atoms with van der Waals surface area (Å²) in [6.07, 6.45) is 0.00716. The van der Waals surface area contributed by atoms with Crippen LogP contribution in [0.4, 0.5) is 0 Å². The third kappa shape index (κ3) is 3.83. The molecule has 1 N–H and O–H groups in total. The summed E-state index contributed by atoms with van der Waals surface area (Å²) in [6.45, 7) is 10.2. The molecule has 1 unspecified atom stereocenters. The van der Waals surface area contributed by atoms with Crippen molar-refractivity contribution in [2.45, 2.75) is 39.6 Å². The number of hydrogen-bond donors (Lipinski definition) is 1. The number of rotatable bonds is 2. The van der Waals surface area contributed by atoms with Crippen molar-refractivity contribution < 1.29 is 9.90 Å². The Labute approximate surface area is 110 Å². The molecule has 0 heterocycles. The van der Waals surface area contributed by atoms with Gasteiger partial charge in [0.15, 0.2) is 0 Å². The van der Waals surface area contributed by atoms with Crippen molar-refractivity contribution in [2.24, 2.45) is 0 Å². The predicted octanol–water partition coefficient (Wildman–Crippen LogP) is 3.03. The van der Waals surface area contributed by atoms with Crippen LogP contribution in [-0.2, 0) is 0 Å². The standard InChI is InChI=1S/C15H20O2Si/c1-11-8-12(2)14(9-13(11)10-16)15(17)6-7-18(3,4)5/h8-10,15,17H,1-5H3. The topological polar surface area (TPSA) is 37.3 Å². The van der Waals surface area contributed by atoms with Crippen molar-refractivity contribution in [3.05, 3.63) is 34.4 Å². The third-order valence-corrected chi connectivity index (χ3v) is 3.55. The van der Waals surface area contributed by atoms with Crippen molar-refractivity contribution in [1.29, 1.82) is 0 Å². The maximum Gasteiger partial charge on any atom is 0.150 e. The van der Waals surface area contributed by atoms with Gasteiger partial charge in [0.1, 0.15) is 20.5 Å². The van der Waals surface area contributed by atoms with Crippen molar-refractivity contribution in [1.82, 2.24) is 0 Å². The van der Waals surface area contributed by atoms with Gasteiger partial charge in [-0.05, 0) is 36.6 Å². The van der Waals surface area contributed by atoms with Gasteiger partial charge in [0.2, 0.25) is 0 Å². The molecule has 1 atom stereocenters. The number of carbonyl (C=O) groups is 1. The summed E-state index contributed by atoms with van der Waals surface area (Å²) >= 11 is 0. The summed E-state index contributed by atoms with van der Waals surface area (Å²) < 4.78 is 0. The molecule has 0 saturated heterocycles. The molecule has 0 bridgehead atoms. The van der Waals surface area contributed by atoms with Crippen LogP contribution in [0, 0.1) is 25.3 Å². The van der Waals surface area contributed by atoms with Crippen molar-refractivity contribution in [3.8, 4) is 11.5 Å². The van der Waals surface area contributed by atoms with Gasteiger partial charge in [-0.15, -0.1) is 5.54 Å². The van der Waals surface area contributed by atoms with Gasteiger partial charge in [0, 0.05) is 5.56 Å². The maximum atomic E-state index is 10.9. The first-order chi connectivity index (χ1) is 8.24. The normalized spacial score (nSPS) is 12.6. The molecule has 0 amide bonds. The van der Waals surface area contributed by atoms with Gasteiger partial charge < -0.3 is 5.11 Å². The molecule has 0 aliphatic heterocycles. The average molecular weight is 260 g/mol.